The molecule has 0 aliphatic carbocycles. The second kappa shape index (κ2) is 30.5. The van der Waals surface area contributed by atoms with Gasteiger partial charge in [-0.1, -0.05) is 51.4 Å². The first-order valence-corrected chi connectivity index (χ1v) is 27.0. The molecule has 59 heavy (non-hydrogen) atoms. The first-order chi connectivity index (χ1) is 27.4. The van der Waals surface area contributed by atoms with Gasteiger partial charge < -0.3 is 40.5 Å². The van der Waals surface area contributed by atoms with E-state index in [4.69, 9.17) is 19.7 Å². The minimum atomic E-state index is -0.889. The molecule has 12 nitrogen and oxygen atoms in total. The zero-order valence-electron chi connectivity index (χ0n) is 39.0. The maximum absolute atomic E-state index is 11.5. The molecule has 2 unspecified atom stereocenters. The molecule has 2 atom stereocenters. The zero-order chi connectivity index (χ0) is 45.1. The second-order valence-corrected chi connectivity index (χ2v) is 23.9. The van der Waals surface area contributed by atoms with Gasteiger partial charge in [-0.2, -0.15) is 0 Å². The number of nitrogens with one attached hydrogen (secondary N) is 2. The van der Waals surface area contributed by atoms with Crippen molar-refractivity contribution in [2.45, 2.75) is 266 Å². The van der Waals surface area contributed by atoms with E-state index in [2.05, 4.69) is 79.9 Å². The third-order valence-electron chi connectivity index (χ3n) is 10.7. The molecule has 346 valence electrons. The molecular weight excluding hydrogens is 859 g/mol. The topological polar surface area (TPSA) is 192 Å². The molecule has 2 radical (unpaired) electrons. The van der Waals surface area contributed by atoms with Gasteiger partial charge >= 0.3 is 93.4 Å². The Kier molecular flexibility index (Phi) is 29.8. The Balaban J connectivity index is 0.000000946. The number of hydrogen-bond donors (Lipinski definition) is 6. The quantitative estimate of drug-likeness (QED) is 0.0322. The van der Waals surface area contributed by atoms with Crippen molar-refractivity contribution in [3.8, 4) is 0 Å². The molecule has 0 aromatic carbocycles. The van der Waals surface area contributed by atoms with Crippen molar-refractivity contribution < 1.29 is 49.1 Å². The van der Waals surface area contributed by atoms with Crippen LogP contribution in [0.25, 0.3) is 0 Å². The van der Waals surface area contributed by atoms with Crippen LogP contribution in [-0.2, 0) is 28.7 Å². The summed E-state index contributed by atoms with van der Waals surface area (Å²) in [6.45, 7) is 21.6. The molecule has 0 saturated carbocycles. The number of unbranched alkanes of at least 4 members (excludes halogenated alkanes) is 10. The standard InChI is InChI=1S/2C19H35NO5.2C4H9.Sn/c2*1-18(2)12-14(13-19(3,4)20-18)25-15(17(23)24)10-8-6-5-7-9-11-16(21)22;2*1-3-4-2;/h2*14-15,20H,5-13H2,1-4H3,(H,21,22)(H,23,24);2*1,3-4H2,2H3;. The molecule has 2 aliphatic rings. The predicted octanol–water partition coefficient (Wildman–Crippen LogP) is 10.3. The van der Waals surface area contributed by atoms with Crippen LogP contribution >= 0.6 is 0 Å². The van der Waals surface area contributed by atoms with Crippen molar-refractivity contribution in [3.05, 3.63) is 0 Å². The summed E-state index contributed by atoms with van der Waals surface area (Å²) in [6.07, 6.45) is 17.3. The van der Waals surface area contributed by atoms with E-state index in [-0.39, 0.29) is 68.3 Å². The van der Waals surface area contributed by atoms with Crippen molar-refractivity contribution in [3.63, 3.8) is 0 Å². The van der Waals surface area contributed by atoms with Gasteiger partial charge in [0.2, 0.25) is 0 Å². The van der Waals surface area contributed by atoms with E-state index in [1.807, 2.05) is 0 Å². The molecular formula is C46H88N2O10Sn. The van der Waals surface area contributed by atoms with E-state index in [1.165, 1.54) is 25.7 Å². The van der Waals surface area contributed by atoms with Crippen LogP contribution in [0.2, 0.25) is 8.87 Å². The van der Waals surface area contributed by atoms with Crippen molar-refractivity contribution in [2.24, 2.45) is 0 Å². The van der Waals surface area contributed by atoms with Crippen LogP contribution in [0.1, 0.15) is 210 Å². The Morgan fingerprint density at radius 1 is 0.508 bits per heavy atom. The summed E-state index contributed by atoms with van der Waals surface area (Å²) in [4.78, 5) is 44.0. The van der Waals surface area contributed by atoms with Gasteiger partial charge in [-0.15, -0.1) is 0 Å². The Morgan fingerprint density at radius 3 is 1.07 bits per heavy atom. The molecule has 0 amide bonds. The molecule has 2 aliphatic heterocycles. The average Bonchev–Trinajstić information content (AvgIpc) is 3.07. The van der Waals surface area contributed by atoms with Gasteiger partial charge in [0.05, 0.1) is 12.2 Å². The van der Waals surface area contributed by atoms with E-state index < -0.39 is 36.1 Å². The molecule has 13 heteroatoms. The van der Waals surface area contributed by atoms with E-state index >= 15 is 0 Å². The Bertz CT molecular complexity index is 1060. The number of carboxylic acids is 4. The van der Waals surface area contributed by atoms with Crippen LogP contribution in [0.15, 0.2) is 0 Å². The van der Waals surface area contributed by atoms with Gasteiger partial charge in [0, 0.05) is 35.0 Å². The number of carboxylic acid groups (broad SMARTS) is 4. The van der Waals surface area contributed by atoms with Crippen molar-refractivity contribution in [1.82, 2.24) is 10.6 Å². The van der Waals surface area contributed by atoms with Crippen LogP contribution in [0.5, 0.6) is 0 Å². The van der Waals surface area contributed by atoms with Gasteiger partial charge in [0.25, 0.3) is 0 Å². The molecule has 0 spiro atoms. The molecule has 2 rings (SSSR count). The van der Waals surface area contributed by atoms with E-state index in [0.29, 0.717) is 25.7 Å². The number of piperidine rings is 2. The van der Waals surface area contributed by atoms with E-state index in [9.17, 15) is 29.4 Å². The van der Waals surface area contributed by atoms with Crippen LogP contribution in [0.4, 0.5) is 0 Å². The normalized spacial score (nSPS) is 19.3. The fraction of sp³-hybridized carbons (Fsp3) is 0.913. The summed E-state index contributed by atoms with van der Waals surface area (Å²) in [6, 6.07) is 0. The number of aliphatic carboxylic acids is 4. The number of carbonyl (C=O) groups is 4. The molecule has 2 heterocycles. The molecule has 0 bridgehead atoms. The van der Waals surface area contributed by atoms with Gasteiger partial charge in [0.1, 0.15) is 0 Å². The summed E-state index contributed by atoms with van der Waals surface area (Å²) < 4.78 is 15.2. The zero-order valence-corrected chi connectivity index (χ0v) is 41.9. The molecule has 0 aromatic rings. The van der Waals surface area contributed by atoms with Crippen LogP contribution in [0, 0.1) is 0 Å². The summed E-state index contributed by atoms with van der Waals surface area (Å²) >= 11 is 0.149. The SMILES string of the molecule is CC1(C)CC(OC(CCCCCCCC(=O)O)C(=O)O)CC(C)(C)N1.CC1(C)CC(OC(CCCCCCCC(=O)O)C(=O)O)CC(C)(C)N1.CCC[CH2][Sn][CH2]CCC. The summed E-state index contributed by atoms with van der Waals surface area (Å²) in [5.74, 6) is -3.29. The fourth-order valence-electron chi connectivity index (χ4n) is 8.61. The van der Waals surface area contributed by atoms with Crippen LogP contribution in [0.3, 0.4) is 0 Å². The van der Waals surface area contributed by atoms with Crippen molar-refractivity contribution in [2.75, 3.05) is 0 Å². The van der Waals surface area contributed by atoms with E-state index in [1.54, 1.807) is 8.87 Å². The predicted molar refractivity (Wildman–Crippen MR) is 239 cm³/mol. The van der Waals surface area contributed by atoms with Gasteiger partial charge in [-0.25, -0.2) is 9.59 Å². The second-order valence-electron chi connectivity index (χ2n) is 19.6. The van der Waals surface area contributed by atoms with E-state index in [0.717, 1.165) is 77.0 Å². The van der Waals surface area contributed by atoms with Gasteiger partial charge in [-0.3, -0.25) is 9.59 Å². The first-order valence-electron chi connectivity index (χ1n) is 22.9. The summed E-state index contributed by atoms with van der Waals surface area (Å²) in [5.41, 5.74) is -0.279. The summed E-state index contributed by atoms with van der Waals surface area (Å²) in [5, 5.41) is 43.3. The summed E-state index contributed by atoms with van der Waals surface area (Å²) in [7, 11) is 0. The fourth-order valence-corrected chi connectivity index (χ4v) is 12.8. The average molecular weight is 948 g/mol. The van der Waals surface area contributed by atoms with Crippen molar-refractivity contribution >= 4 is 45.0 Å². The number of rotatable bonds is 28. The Morgan fingerprint density at radius 2 is 0.797 bits per heavy atom. The Labute approximate surface area is 369 Å². The third-order valence-corrected chi connectivity index (χ3v) is 14.7. The number of ether oxygens (including phenoxy) is 2. The first kappa shape index (κ1) is 57.5. The third kappa shape index (κ3) is 31.9. The van der Waals surface area contributed by atoms with Crippen LogP contribution in [-0.4, -0.2) is 112 Å². The van der Waals surface area contributed by atoms with Gasteiger partial charge in [0.15, 0.2) is 12.2 Å². The monoisotopic (exact) mass is 949 g/mol. The molecule has 0 aromatic heterocycles. The maximum atomic E-state index is 11.5. The molecule has 2 saturated heterocycles. The molecule has 2 fully saturated rings. The molecule has 6 N–H and O–H groups in total. The number of hydrogen-bond acceptors (Lipinski definition) is 8. The Hall–Kier alpha value is -1.48. The minimum absolute atomic E-state index is 0.0529. The van der Waals surface area contributed by atoms with Gasteiger partial charge in [-0.05, 0) is 107 Å². The van der Waals surface area contributed by atoms with Crippen molar-refractivity contribution in [1.29, 1.82) is 0 Å². The van der Waals surface area contributed by atoms with Crippen LogP contribution < -0.4 is 10.6 Å².